The summed E-state index contributed by atoms with van der Waals surface area (Å²) in [5.74, 6) is -0.615. The summed E-state index contributed by atoms with van der Waals surface area (Å²) in [5.41, 5.74) is 2.88. The molecule has 0 radical (unpaired) electrons. The Bertz CT molecular complexity index is 1070. The topological polar surface area (TPSA) is 84.7 Å². The number of benzene rings is 3. The fraction of sp³-hybridized carbons (Fsp3) is 0.0476. The van der Waals surface area contributed by atoms with Crippen molar-refractivity contribution in [2.75, 3.05) is 10.6 Å². The lowest BCUT2D eigenvalue weighted by molar-refractivity contribution is -0.117. The van der Waals surface area contributed by atoms with E-state index in [1.807, 2.05) is 54.6 Å². The van der Waals surface area contributed by atoms with E-state index in [0.717, 1.165) is 16.9 Å². The number of hydrogen-bond donors (Lipinski definition) is 2. The number of carbonyl (C=O) groups excluding carboxylic acids is 1. The lowest BCUT2D eigenvalue weighted by Gasteiger charge is -2.20. The molecule has 0 aliphatic carbocycles. The number of aromatic nitrogens is 4. The standard InChI is InChI=1S/C21H17FN6O/c22-16-6-8-18(9-7-16)25-21(29)20(15-4-2-1-3-5-15)24-17-10-12-19(13-11-17)28-14-23-26-27-28/h1-14,20,24H,(H,25,29)/t20-/m1/s1. The number of rotatable bonds is 6. The Morgan fingerprint density at radius 3 is 2.24 bits per heavy atom. The second-order valence-corrected chi connectivity index (χ2v) is 6.29. The molecule has 3 aromatic carbocycles. The summed E-state index contributed by atoms with van der Waals surface area (Å²) >= 11 is 0. The molecular weight excluding hydrogens is 371 g/mol. The van der Waals surface area contributed by atoms with Crippen LogP contribution in [0.3, 0.4) is 0 Å². The highest BCUT2D eigenvalue weighted by Gasteiger charge is 2.20. The van der Waals surface area contributed by atoms with Crippen molar-refractivity contribution in [3.05, 3.63) is 96.6 Å². The van der Waals surface area contributed by atoms with Gasteiger partial charge in [-0.1, -0.05) is 30.3 Å². The van der Waals surface area contributed by atoms with Crippen LogP contribution in [0.1, 0.15) is 11.6 Å². The number of anilines is 2. The Morgan fingerprint density at radius 2 is 1.59 bits per heavy atom. The third kappa shape index (κ3) is 4.44. The Hall–Kier alpha value is -4.07. The largest absolute Gasteiger partial charge is 0.370 e. The molecule has 4 rings (SSSR count). The van der Waals surface area contributed by atoms with Crippen molar-refractivity contribution in [2.24, 2.45) is 0 Å². The maximum atomic E-state index is 13.1. The molecule has 1 aromatic heterocycles. The molecule has 0 bridgehead atoms. The number of amides is 1. The first kappa shape index (κ1) is 18.3. The highest BCUT2D eigenvalue weighted by molar-refractivity contribution is 5.97. The van der Waals surface area contributed by atoms with Crippen molar-refractivity contribution < 1.29 is 9.18 Å². The number of halogens is 1. The van der Waals surface area contributed by atoms with E-state index in [-0.39, 0.29) is 11.7 Å². The van der Waals surface area contributed by atoms with E-state index in [1.54, 1.807) is 4.68 Å². The van der Waals surface area contributed by atoms with Gasteiger partial charge >= 0.3 is 0 Å². The molecule has 0 fully saturated rings. The monoisotopic (exact) mass is 388 g/mol. The highest BCUT2D eigenvalue weighted by atomic mass is 19.1. The summed E-state index contributed by atoms with van der Waals surface area (Å²) in [5, 5.41) is 17.2. The van der Waals surface area contributed by atoms with Crippen LogP contribution in [0.2, 0.25) is 0 Å². The fourth-order valence-electron chi connectivity index (χ4n) is 2.85. The number of tetrazole rings is 1. The van der Waals surface area contributed by atoms with Crippen LogP contribution in [-0.2, 0) is 4.79 Å². The van der Waals surface area contributed by atoms with E-state index in [9.17, 15) is 9.18 Å². The Balaban J connectivity index is 1.56. The smallest absolute Gasteiger partial charge is 0.251 e. The van der Waals surface area contributed by atoms with E-state index >= 15 is 0 Å². The normalized spacial score (nSPS) is 11.6. The molecule has 4 aromatic rings. The van der Waals surface area contributed by atoms with Gasteiger partial charge in [-0.05, 0) is 64.5 Å². The van der Waals surface area contributed by atoms with E-state index < -0.39 is 6.04 Å². The minimum absolute atomic E-state index is 0.257. The van der Waals surface area contributed by atoms with E-state index in [2.05, 4.69) is 26.2 Å². The Morgan fingerprint density at radius 1 is 0.897 bits per heavy atom. The van der Waals surface area contributed by atoms with Crippen LogP contribution in [0.4, 0.5) is 15.8 Å². The minimum atomic E-state index is -0.639. The summed E-state index contributed by atoms with van der Waals surface area (Å²) in [4.78, 5) is 13.0. The first-order valence-corrected chi connectivity index (χ1v) is 8.90. The predicted octanol–water partition coefficient (Wildman–Crippen LogP) is 3.59. The van der Waals surface area contributed by atoms with Gasteiger partial charge in [0.05, 0.1) is 5.69 Å². The van der Waals surface area contributed by atoms with Crippen LogP contribution in [0, 0.1) is 5.82 Å². The number of nitrogens with one attached hydrogen (secondary N) is 2. The van der Waals surface area contributed by atoms with Crippen molar-refractivity contribution in [3.63, 3.8) is 0 Å². The van der Waals surface area contributed by atoms with Gasteiger partial charge in [0.15, 0.2) is 0 Å². The van der Waals surface area contributed by atoms with Crippen LogP contribution >= 0.6 is 0 Å². The molecule has 0 saturated carbocycles. The average Bonchev–Trinajstić information content (AvgIpc) is 3.29. The molecule has 1 heterocycles. The zero-order chi connectivity index (χ0) is 20.1. The molecule has 29 heavy (non-hydrogen) atoms. The average molecular weight is 388 g/mol. The number of nitrogens with zero attached hydrogens (tertiary/aromatic N) is 4. The number of carbonyl (C=O) groups is 1. The van der Waals surface area contributed by atoms with Crippen molar-refractivity contribution in [3.8, 4) is 5.69 Å². The molecule has 0 aliphatic rings. The van der Waals surface area contributed by atoms with E-state index in [1.165, 1.54) is 30.6 Å². The molecule has 1 amide bonds. The maximum Gasteiger partial charge on any atom is 0.251 e. The molecule has 0 aliphatic heterocycles. The second kappa shape index (κ2) is 8.30. The summed E-state index contributed by atoms with van der Waals surface area (Å²) in [6.45, 7) is 0. The van der Waals surface area contributed by atoms with Crippen molar-refractivity contribution >= 4 is 17.3 Å². The van der Waals surface area contributed by atoms with Crippen molar-refractivity contribution in [1.29, 1.82) is 0 Å². The molecule has 0 saturated heterocycles. The molecule has 0 unspecified atom stereocenters. The van der Waals surface area contributed by atoms with Crippen molar-refractivity contribution in [2.45, 2.75) is 6.04 Å². The highest BCUT2D eigenvalue weighted by Crippen LogP contribution is 2.23. The van der Waals surface area contributed by atoms with Crippen LogP contribution in [-0.4, -0.2) is 26.1 Å². The van der Waals surface area contributed by atoms with Crippen LogP contribution in [0.25, 0.3) is 5.69 Å². The summed E-state index contributed by atoms with van der Waals surface area (Å²) in [6.07, 6.45) is 1.51. The maximum absolute atomic E-state index is 13.1. The molecule has 1 atom stereocenters. The van der Waals surface area contributed by atoms with Gasteiger partial charge in [-0.15, -0.1) is 5.10 Å². The van der Waals surface area contributed by atoms with Gasteiger partial charge in [-0.3, -0.25) is 4.79 Å². The molecule has 7 nitrogen and oxygen atoms in total. The number of hydrogen-bond acceptors (Lipinski definition) is 5. The second-order valence-electron chi connectivity index (χ2n) is 6.29. The van der Waals surface area contributed by atoms with Gasteiger partial charge in [0, 0.05) is 11.4 Å². The Kier molecular flexibility index (Phi) is 5.24. The minimum Gasteiger partial charge on any atom is -0.370 e. The summed E-state index contributed by atoms with van der Waals surface area (Å²) in [6, 6.07) is 21.8. The molecule has 144 valence electrons. The molecule has 8 heteroatoms. The molecular formula is C21H17FN6O. The van der Waals surface area contributed by atoms with Gasteiger partial charge in [0.25, 0.3) is 5.91 Å². The zero-order valence-electron chi connectivity index (χ0n) is 15.2. The van der Waals surface area contributed by atoms with Crippen LogP contribution < -0.4 is 10.6 Å². The van der Waals surface area contributed by atoms with E-state index in [4.69, 9.17) is 0 Å². The first-order valence-electron chi connectivity index (χ1n) is 8.90. The quantitative estimate of drug-likeness (QED) is 0.527. The van der Waals surface area contributed by atoms with Gasteiger partial charge in [-0.25, -0.2) is 9.07 Å². The molecule has 2 N–H and O–H groups in total. The van der Waals surface area contributed by atoms with Gasteiger partial charge in [0.2, 0.25) is 0 Å². The first-order chi connectivity index (χ1) is 14.2. The zero-order valence-corrected chi connectivity index (χ0v) is 15.2. The lowest BCUT2D eigenvalue weighted by Crippen LogP contribution is -2.27. The summed E-state index contributed by atoms with van der Waals surface area (Å²) in [7, 11) is 0. The van der Waals surface area contributed by atoms with Crippen LogP contribution in [0.15, 0.2) is 85.2 Å². The third-order valence-corrected chi connectivity index (χ3v) is 4.30. The van der Waals surface area contributed by atoms with Crippen LogP contribution in [0.5, 0.6) is 0 Å². The van der Waals surface area contributed by atoms with Gasteiger partial charge < -0.3 is 10.6 Å². The van der Waals surface area contributed by atoms with E-state index in [0.29, 0.717) is 5.69 Å². The van der Waals surface area contributed by atoms with Crippen molar-refractivity contribution in [1.82, 2.24) is 20.2 Å². The predicted molar refractivity (Wildman–Crippen MR) is 107 cm³/mol. The third-order valence-electron chi connectivity index (χ3n) is 4.30. The SMILES string of the molecule is O=C(Nc1ccc(F)cc1)[C@H](Nc1ccc(-n2cnnn2)cc1)c1ccccc1. The molecule has 0 spiro atoms. The van der Waals surface area contributed by atoms with Gasteiger partial charge in [-0.2, -0.15) is 0 Å². The summed E-state index contributed by atoms with van der Waals surface area (Å²) < 4.78 is 14.7. The van der Waals surface area contributed by atoms with Gasteiger partial charge in [0.1, 0.15) is 18.2 Å². The Labute approximate surface area is 166 Å². The fourth-order valence-corrected chi connectivity index (χ4v) is 2.85. The lowest BCUT2D eigenvalue weighted by atomic mass is 10.1.